The highest BCUT2D eigenvalue weighted by atomic mass is 16.5. The third kappa shape index (κ3) is 4.47. The lowest BCUT2D eigenvalue weighted by Gasteiger charge is -2.26. The molecular formula is C14H21N3O3. The summed E-state index contributed by atoms with van der Waals surface area (Å²) in [7, 11) is 0. The van der Waals surface area contributed by atoms with E-state index in [1.807, 2.05) is 0 Å². The van der Waals surface area contributed by atoms with Crippen molar-refractivity contribution in [2.45, 2.75) is 37.8 Å². The Balaban J connectivity index is 1.66. The number of carbonyl (C=O) groups is 1. The lowest BCUT2D eigenvalue weighted by Crippen LogP contribution is -2.33. The minimum absolute atomic E-state index is 0.253. The second-order valence-corrected chi connectivity index (χ2v) is 5.09. The van der Waals surface area contributed by atoms with Crippen molar-refractivity contribution in [2.24, 2.45) is 5.73 Å². The number of aromatic amines is 1. The topological polar surface area (TPSA) is 97.2 Å². The summed E-state index contributed by atoms with van der Waals surface area (Å²) >= 11 is 0. The zero-order valence-electron chi connectivity index (χ0n) is 11.4. The molecule has 1 aromatic rings. The van der Waals surface area contributed by atoms with Gasteiger partial charge < -0.3 is 20.8 Å². The number of nitrogens with two attached hydrogens (primary N) is 1. The summed E-state index contributed by atoms with van der Waals surface area (Å²) in [6.45, 7) is 0.904. The molecule has 1 aliphatic carbocycles. The van der Waals surface area contributed by atoms with Crippen molar-refractivity contribution >= 4 is 5.91 Å². The number of amides is 1. The van der Waals surface area contributed by atoms with E-state index in [4.69, 9.17) is 10.5 Å². The van der Waals surface area contributed by atoms with Crippen molar-refractivity contribution in [2.75, 3.05) is 13.2 Å². The number of hydrogen-bond donors (Lipinski definition) is 3. The summed E-state index contributed by atoms with van der Waals surface area (Å²) in [6, 6.07) is 4.80. The normalized spacial score (nSPS) is 22.4. The van der Waals surface area contributed by atoms with E-state index in [1.165, 1.54) is 6.07 Å². The van der Waals surface area contributed by atoms with E-state index in [1.54, 1.807) is 12.1 Å². The van der Waals surface area contributed by atoms with Crippen molar-refractivity contribution in [1.82, 2.24) is 10.3 Å². The first-order valence-electron chi connectivity index (χ1n) is 7.00. The summed E-state index contributed by atoms with van der Waals surface area (Å²) in [6.07, 6.45) is 4.23. The Bertz CT molecular complexity index is 492. The summed E-state index contributed by atoms with van der Waals surface area (Å²) in [4.78, 5) is 25.3. The van der Waals surface area contributed by atoms with Crippen molar-refractivity contribution in [3.63, 3.8) is 0 Å². The lowest BCUT2D eigenvalue weighted by molar-refractivity contribution is 0.0267. The average molecular weight is 279 g/mol. The molecule has 1 aromatic heterocycles. The van der Waals surface area contributed by atoms with Gasteiger partial charge in [-0.15, -0.1) is 0 Å². The highest BCUT2D eigenvalue weighted by Crippen LogP contribution is 2.19. The summed E-state index contributed by atoms with van der Waals surface area (Å²) in [5.74, 6) is -0.294. The molecule has 1 saturated carbocycles. The highest BCUT2D eigenvalue weighted by molar-refractivity contribution is 5.92. The molecule has 0 aromatic carbocycles. The van der Waals surface area contributed by atoms with Gasteiger partial charge in [-0.25, -0.2) is 0 Å². The largest absolute Gasteiger partial charge is 0.376 e. The van der Waals surface area contributed by atoms with Crippen LogP contribution in [0.4, 0.5) is 0 Å². The standard InChI is InChI=1S/C14H21N3O3/c15-10-4-6-11(7-5-10)20-9-8-16-14(19)12-2-1-3-13(18)17-12/h1-3,10-11H,4-9,15H2,(H,16,19)(H,17,18). The van der Waals surface area contributed by atoms with Crippen LogP contribution in [0.2, 0.25) is 0 Å². The number of H-pyrrole nitrogens is 1. The zero-order chi connectivity index (χ0) is 14.4. The van der Waals surface area contributed by atoms with E-state index >= 15 is 0 Å². The van der Waals surface area contributed by atoms with Crippen molar-refractivity contribution in [3.05, 3.63) is 34.2 Å². The van der Waals surface area contributed by atoms with Crippen LogP contribution in [0.15, 0.2) is 23.0 Å². The molecule has 20 heavy (non-hydrogen) atoms. The van der Waals surface area contributed by atoms with E-state index in [9.17, 15) is 9.59 Å². The van der Waals surface area contributed by atoms with Gasteiger partial charge in [-0.1, -0.05) is 6.07 Å². The predicted octanol–water partition coefficient (Wildman–Crippen LogP) is 0.391. The zero-order valence-corrected chi connectivity index (χ0v) is 11.4. The van der Waals surface area contributed by atoms with Gasteiger partial charge in [-0.3, -0.25) is 9.59 Å². The first-order chi connectivity index (χ1) is 9.65. The third-order valence-electron chi connectivity index (χ3n) is 3.47. The Kier molecular flexibility index (Phi) is 5.31. The summed E-state index contributed by atoms with van der Waals surface area (Å²) in [5.41, 5.74) is 5.81. The SMILES string of the molecule is NC1CCC(OCCNC(=O)c2cccc(=O)[nH]2)CC1. The number of carbonyl (C=O) groups excluding carboxylic acids is 1. The number of pyridine rings is 1. The van der Waals surface area contributed by atoms with Crippen molar-refractivity contribution < 1.29 is 9.53 Å². The minimum Gasteiger partial charge on any atom is -0.376 e. The first-order valence-corrected chi connectivity index (χ1v) is 7.00. The predicted molar refractivity (Wildman–Crippen MR) is 75.6 cm³/mol. The number of aromatic nitrogens is 1. The van der Waals surface area contributed by atoms with E-state index in [0.717, 1.165) is 25.7 Å². The van der Waals surface area contributed by atoms with Crippen LogP contribution in [0.1, 0.15) is 36.2 Å². The molecule has 0 bridgehead atoms. The van der Waals surface area contributed by atoms with Gasteiger partial charge in [0.05, 0.1) is 12.7 Å². The maximum absolute atomic E-state index is 11.7. The second-order valence-electron chi connectivity index (χ2n) is 5.09. The van der Waals surface area contributed by atoms with Crippen LogP contribution in [-0.2, 0) is 4.74 Å². The number of rotatable bonds is 5. The maximum atomic E-state index is 11.7. The van der Waals surface area contributed by atoms with E-state index in [-0.39, 0.29) is 23.3 Å². The molecule has 0 unspecified atom stereocenters. The summed E-state index contributed by atoms with van der Waals surface area (Å²) < 4.78 is 5.70. The molecule has 4 N–H and O–H groups in total. The fraction of sp³-hybridized carbons (Fsp3) is 0.571. The van der Waals surface area contributed by atoms with Gasteiger partial charge in [-0.05, 0) is 31.7 Å². The summed E-state index contributed by atoms with van der Waals surface area (Å²) in [5, 5.41) is 2.72. The molecule has 6 heteroatoms. The van der Waals surface area contributed by atoms with Crippen LogP contribution >= 0.6 is 0 Å². The van der Waals surface area contributed by atoms with E-state index < -0.39 is 0 Å². The number of hydrogen-bond acceptors (Lipinski definition) is 4. The van der Waals surface area contributed by atoms with Gasteiger partial charge in [0.15, 0.2) is 0 Å². The molecule has 2 rings (SSSR count). The Morgan fingerprint density at radius 3 is 2.80 bits per heavy atom. The first kappa shape index (κ1) is 14.7. The van der Waals surface area contributed by atoms with Gasteiger partial charge in [-0.2, -0.15) is 0 Å². The Morgan fingerprint density at radius 1 is 1.35 bits per heavy atom. The monoisotopic (exact) mass is 279 g/mol. The smallest absolute Gasteiger partial charge is 0.267 e. The minimum atomic E-state index is -0.294. The van der Waals surface area contributed by atoms with Crippen LogP contribution in [0.3, 0.4) is 0 Å². The number of nitrogens with one attached hydrogen (secondary N) is 2. The molecular weight excluding hydrogens is 258 g/mol. The fourth-order valence-electron chi connectivity index (χ4n) is 2.32. The van der Waals surface area contributed by atoms with Gasteiger partial charge in [0.25, 0.3) is 5.91 Å². The Labute approximate surface area is 117 Å². The molecule has 6 nitrogen and oxygen atoms in total. The van der Waals surface area contributed by atoms with Crippen molar-refractivity contribution in [3.8, 4) is 0 Å². The van der Waals surface area contributed by atoms with Gasteiger partial charge in [0.2, 0.25) is 5.56 Å². The molecule has 0 spiro atoms. The highest BCUT2D eigenvalue weighted by Gasteiger charge is 2.18. The average Bonchev–Trinajstić information content (AvgIpc) is 2.45. The molecule has 1 aliphatic rings. The van der Waals surface area contributed by atoms with E-state index in [0.29, 0.717) is 19.2 Å². The van der Waals surface area contributed by atoms with Crippen LogP contribution < -0.4 is 16.6 Å². The second kappa shape index (κ2) is 7.21. The van der Waals surface area contributed by atoms with Crippen molar-refractivity contribution in [1.29, 1.82) is 0 Å². The van der Waals surface area contributed by atoms with Gasteiger partial charge >= 0.3 is 0 Å². The quantitative estimate of drug-likeness (QED) is 0.679. The van der Waals surface area contributed by atoms with Crippen LogP contribution in [0, 0.1) is 0 Å². The number of ether oxygens (including phenoxy) is 1. The Morgan fingerprint density at radius 2 is 2.10 bits per heavy atom. The maximum Gasteiger partial charge on any atom is 0.267 e. The molecule has 110 valence electrons. The molecule has 0 atom stereocenters. The molecule has 1 amide bonds. The molecule has 0 saturated heterocycles. The molecule has 0 radical (unpaired) electrons. The van der Waals surface area contributed by atoms with Gasteiger partial charge in [0.1, 0.15) is 5.69 Å². The van der Waals surface area contributed by atoms with Crippen LogP contribution in [-0.4, -0.2) is 36.2 Å². The Hall–Kier alpha value is -1.66. The van der Waals surface area contributed by atoms with Gasteiger partial charge in [0, 0.05) is 18.7 Å². The molecule has 0 aliphatic heterocycles. The molecule has 1 fully saturated rings. The molecule has 1 heterocycles. The van der Waals surface area contributed by atoms with E-state index in [2.05, 4.69) is 10.3 Å². The lowest BCUT2D eigenvalue weighted by atomic mass is 9.94. The fourth-order valence-corrected chi connectivity index (χ4v) is 2.32. The third-order valence-corrected chi connectivity index (χ3v) is 3.47. The van der Waals surface area contributed by atoms with Crippen LogP contribution in [0.5, 0.6) is 0 Å². The van der Waals surface area contributed by atoms with Crippen LogP contribution in [0.25, 0.3) is 0 Å².